The Morgan fingerprint density at radius 1 is 1.14 bits per heavy atom. The summed E-state index contributed by atoms with van der Waals surface area (Å²) in [6.45, 7) is 0.438. The van der Waals surface area contributed by atoms with Gasteiger partial charge in [-0.25, -0.2) is 0 Å². The number of hydrogen-bond donors (Lipinski definition) is 1. The maximum Gasteiger partial charge on any atom is 0.254 e. The van der Waals surface area contributed by atoms with E-state index in [0.29, 0.717) is 5.56 Å². The lowest BCUT2D eigenvalue weighted by Gasteiger charge is -2.22. The maximum absolute atomic E-state index is 12.7. The number of likely N-dealkylation sites (N-methyl/N-ethyl adjacent to an activating group) is 1. The van der Waals surface area contributed by atoms with E-state index in [2.05, 4.69) is 0 Å². The first-order valence-corrected chi connectivity index (χ1v) is 7.20. The molecule has 0 aliphatic carbocycles. The van der Waals surface area contributed by atoms with Crippen LogP contribution in [0.3, 0.4) is 0 Å². The molecule has 2 aromatic carbocycles. The number of amides is 1. The van der Waals surface area contributed by atoms with Crippen molar-refractivity contribution in [1.29, 1.82) is 0 Å². The normalized spacial score (nSPS) is 12.0. The molecule has 0 spiro atoms. The Morgan fingerprint density at radius 2 is 1.77 bits per heavy atom. The summed E-state index contributed by atoms with van der Waals surface area (Å²) in [6.07, 6.45) is -0.692. The number of rotatable bonds is 6. The largest absolute Gasteiger partial charge is 0.389 e. The van der Waals surface area contributed by atoms with Gasteiger partial charge in [0.25, 0.3) is 5.91 Å². The zero-order chi connectivity index (χ0) is 15.9. The van der Waals surface area contributed by atoms with Crippen LogP contribution >= 0.6 is 0 Å². The SMILES string of the molecule is COCC(O)CN(C)C(=O)c1ccccc1-c1ccccc1. The molecule has 0 saturated carbocycles. The Balaban J connectivity index is 2.23. The molecule has 22 heavy (non-hydrogen) atoms. The van der Waals surface area contributed by atoms with Gasteiger partial charge in [-0.05, 0) is 17.2 Å². The predicted molar refractivity (Wildman–Crippen MR) is 86.7 cm³/mol. The average molecular weight is 299 g/mol. The van der Waals surface area contributed by atoms with Crippen molar-refractivity contribution in [1.82, 2.24) is 4.90 Å². The lowest BCUT2D eigenvalue weighted by Crippen LogP contribution is -2.36. The summed E-state index contributed by atoms with van der Waals surface area (Å²) < 4.78 is 4.90. The first-order valence-electron chi connectivity index (χ1n) is 7.20. The highest BCUT2D eigenvalue weighted by Gasteiger charge is 2.18. The Bertz CT molecular complexity index is 613. The molecule has 1 N–H and O–H groups in total. The van der Waals surface area contributed by atoms with Gasteiger partial charge in [0.2, 0.25) is 0 Å². The van der Waals surface area contributed by atoms with E-state index in [4.69, 9.17) is 4.74 Å². The molecule has 2 aromatic rings. The average Bonchev–Trinajstić information content (AvgIpc) is 2.55. The van der Waals surface area contributed by atoms with Crippen molar-refractivity contribution >= 4 is 5.91 Å². The number of benzene rings is 2. The molecular weight excluding hydrogens is 278 g/mol. The van der Waals surface area contributed by atoms with Crippen molar-refractivity contribution in [2.24, 2.45) is 0 Å². The van der Waals surface area contributed by atoms with Gasteiger partial charge in [0.1, 0.15) is 0 Å². The molecular formula is C18H21NO3. The van der Waals surface area contributed by atoms with E-state index in [1.54, 1.807) is 7.05 Å². The first-order chi connectivity index (χ1) is 10.6. The lowest BCUT2D eigenvalue weighted by atomic mass is 9.99. The fourth-order valence-electron chi connectivity index (χ4n) is 2.39. The van der Waals surface area contributed by atoms with Gasteiger partial charge >= 0.3 is 0 Å². The highest BCUT2D eigenvalue weighted by Crippen LogP contribution is 2.24. The summed E-state index contributed by atoms with van der Waals surface area (Å²) in [7, 11) is 3.21. The minimum absolute atomic E-state index is 0.116. The van der Waals surface area contributed by atoms with Crippen molar-refractivity contribution in [2.45, 2.75) is 6.10 Å². The Morgan fingerprint density at radius 3 is 2.45 bits per heavy atom. The van der Waals surface area contributed by atoms with Crippen LogP contribution < -0.4 is 0 Å². The van der Waals surface area contributed by atoms with Gasteiger partial charge in [-0.1, -0.05) is 48.5 Å². The van der Waals surface area contributed by atoms with Gasteiger partial charge in [0.15, 0.2) is 0 Å². The van der Waals surface area contributed by atoms with Crippen LogP contribution in [0, 0.1) is 0 Å². The Kier molecular flexibility index (Phi) is 5.69. The highest BCUT2D eigenvalue weighted by atomic mass is 16.5. The number of aliphatic hydroxyl groups is 1. The van der Waals surface area contributed by atoms with Crippen LogP contribution in [0.4, 0.5) is 0 Å². The third-order valence-electron chi connectivity index (χ3n) is 3.43. The molecule has 1 unspecified atom stereocenters. The van der Waals surface area contributed by atoms with Crippen LogP contribution in [0.2, 0.25) is 0 Å². The molecule has 4 nitrogen and oxygen atoms in total. The number of aliphatic hydroxyl groups excluding tert-OH is 1. The van der Waals surface area contributed by atoms with E-state index < -0.39 is 6.10 Å². The van der Waals surface area contributed by atoms with Crippen LogP contribution in [-0.4, -0.2) is 49.3 Å². The molecule has 0 aromatic heterocycles. The highest BCUT2D eigenvalue weighted by molar-refractivity contribution is 6.00. The summed E-state index contributed by atoms with van der Waals surface area (Å²) in [5.41, 5.74) is 2.51. The summed E-state index contributed by atoms with van der Waals surface area (Å²) in [6, 6.07) is 17.3. The molecule has 0 heterocycles. The van der Waals surface area contributed by atoms with Crippen LogP contribution in [-0.2, 0) is 4.74 Å². The second-order valence-corrected chi connectivity index (χ2v) is 5.21. The number of ether oxygens (including phenoxy) is 1. The lowest BCUT2D eigenvalue weighted by molar-refractivity contribution is 0.0380. The second kappa shape index (κ2) is 7.73. The molecule has 0 fully saturated rings. The summed E-state index contributed by atoms with van der Waals surface area (Å²) in [5.74, 6) is -0.116. The van der Waals surface area contributed by atoms with Crippen LogP contribution in [0.1, 0.15) is 10.4 Å². The van der Waals surface area contributed by atoms with Crippen molar-refractivity contribution in [3.05, 3.63) is 60.2 Å². The van der Waals surface area contributed by atoms with Crippen molar-refractivity contribution < 1.29 is 14.6 Å². The Hall–Kier alpha value is -2.17. The quantitative estimate of drug-likeness (QED) is 0.891. The summed E-state index contributed by atoms with van der Waals surface area (Å²) in [4.78, 5) is 14.2. The fraction of sp³-hybridized carbons (Fsp3) is 0.278. The topological polar surface area (TPSA) is 49.8 Å². The minimum Gasteiger partial charge on any atom is -0.389 e. The van der Waals surface area contributed by atoms with Crippen LogP contribution in [0.5, 0.6) is 0 Å². The van der Waals surface area contributed by atoms with E-state index in [-0.39, 0.29) is 19.1 Å². The number of hydrogen-bond acceptors (Lipinski definition) is 3. The van der Waals surface area contributed by atoms with Gasteiger partial charge in [-0.2, -0.15) is 0 Å². The molecule has 1 atom stereocenters. The molecule has 0 aliphatic heterocycles. The van der Waals surface area contributed by atoms with Gasteiger partial charge in [0.05, 0.1) is 12.7 Å². The van der Waals surface area contributed by atoms with Crippen molar-refractivity contribution in [2.75, 3.05) is 27.3 Å². The van der Waals surface area contributed by atoms with Gasteiger partial charge < -0.3 is 14.7 Å². The van der Waals surface area contributed by atoms with Gasteiger partial charge in [-0.3, -0.25) is 4.79 Å². The standard InChI is InChI=1S/C18H21NO3/c1-19(12-15(20)13-22-2)18(21)17-11-7-6-10-16(17)14-8-4-3-5-9-14/h3-11,15,20H,12-13H2,1-2H3. The molecule has 0 saturated heterocycles. The molecule has 4 heteroatoms. The predicted octanol–water partition coefficient (Wildman–Crippen LogP) is 2.43. The zero-order valence-corrected chi connectivity index (χ0v) is 12.9. The fourth-order valence-corrected chi connectivity index (χ4v) is 2.39. The number of methoxy groups -OCH3 is 1. The van der Waals surface area contributed by atoms with Gasteiger partial charge in [-0.15, -0.1) is 0 Å². The van der Waals surface area contributed by atoms with Crippen LogP contribution in [0.15, 0.2) is 54.6 Å². The third-order valence-corrected chi connectivity index (χ3v) is 3.43. The van der Waals surface area contributed by atoms with Crippen molar-refractivity contribution in [3.8, 4) is 11.1 Å². The molecule has 1 amide bonds. The number of carbonyl (C=O) groups excluding carboxylic acids is 1. The third kappa shape index (κ3) is 3.93. The smallest absolute Gasteiger partial charge is 0.254 e. The molecule has 0 aliphatic rings. The molecule has 0 bridgehead atoms. The molecule has 2 rings (SSSR count). The van der Waals surface area contributed by atoms with Crippen molar-refractivity contribution in [3.63, 3.8) is 0 Å². The summed E-state index contributed by atoms with van der Waals surface area (Å²) in [5, 5.41) is 9.78. The maximum atomic E-state index is 12.7. The second-order valence-electron chi connectivity index (χ2n) is 5.21. The van der Waals surface area contributed by atoms with E-state index >= 15 is 0 Å². The van der Waals surface area contributed by atoms with E-state index in [1.807, 2.05) is 54.6 Å². The summed E-state index contributed by atoms with van der Waals surface area (Å²) >= 11 is 0. The first kappa shape index (κ1) is 16.2. The zero-order valence-electron chi connectivity index (χ0n) is 12.9. The Labute approximate surface area is 131 Å². The minimum atomic E-state index is -0.692. The molecule has 116 valence electrons. The number of nitrogens with zero attached hydrogens (tertiary/aromatic N) is 1. The van der Waals surface area contributed by atoms with E-state index in [1.165, 1.54) is 12.0 Å². The monoisotopic (exact) mass is 299 g/mol. The number of carbonyl (C=O) groups is 1. The van der Waals surface area contributed by atoms with E-state index in [0.717, 1.165) is 11.1 Å². The van der Waals surface area contributed by atoms with Crippen LogP contribution in [0.25, 0.3) is 11.1 Å². The van der Waals surface area contributed by atoms with Gasteiger partial charge in [0, 0.05) is 26.3 Å². The molecule has 0 radical (unpaired) electrons. The van der Waals surface area contributed by atoms with E-state index in [9.17, 15) is 9.90 Å².